The van der Waals surface area contributed by atoms with Gasteiger partial charge in [-0.25, -0.2) is 0 Å². The molecule has 0 spiro atoms. The van der Waals surface area contributed by atoms with Crippen molar-refractivity contribution < 1.29 is 0 Å². The molecule has 0 aliphatic carbocycles. The Morgan fingerprint density at radius 1 is 1.00 bits per heavy atom. The van der Waals surface area contributed by atoms with Gasteiger partial charge < -0.3 is 11.5 Å². The molecule has 4 N–H and O–H groups in total. The molecule has 0 aliphatic heterocycles. The lowest BCUT2D eigenvalue weighted by molar-refractivity contribution is 0.400. The van der Waals surface area contributed by atoms with Crippen molar-refractivity contribution in [3.05, 3.63) is 0 Å². The molecule has 0 saturated carbocycles. The van der Waals surface area contributed by atoms with E-state index < -0.39 is 8.07 Å². The number of hydrogen-bond acceptors (Lipinski definition) is 3. The van der Waals surface area contributed by atoms with Crippen LogP contribution in [0.1, 0.15) is 72.1 Å². The Kier molecular flexibility index (Phi) is 11.0. The third-order valence-corrected chi connectivity index (χ3v) is 12.2. The smallest absolute Gasteiger partial charge is 0.0763 e. The van der Waals surface area contributed by atoms with E-state index >= 15 is 0 Å². The quantitative estimate of drug-likeness (QED) is 0.478. The molecular formula is C18H39N3Si. The zero-order valence-electron chi connectivity index (χ0n) is 15.5. The Morgan fingerprint density at radius 3 is 1.82 bits per heavy atom. The average molecular weight is 326 g/mol. The molecule has 0 aromatic heterocycles. The summed E-state index contributed by atoms with van der Waals surface area (Å²) in [6.07, 6.45) is 9.37. The van der Waals surface area contributed by atoms with Gasteiger partial charge >= 0.3 is 0 Å². The minimum atomic E-state index is -1.78. The van der Waals surface area contributed by atoms with Crippen LogP contribution in [0.3, 0.4) is 0 Å². The van der Waals surface area contributed by atoms with Crippen LogP contribution in [0.5, 0.6) is 0 Å². The highest BCUT2D eigenvalue weighted by Gasteiger charge is 2.51. The van der Waals surface area contributed by atoms with Gasteiger partial charge in [-0.2, -0.15) is 5.26 Å². The van der Waals surface area contributed by atoms with Gasteiger partial charge in [0.25, 0.3) is 0 Å². The van der Waals surface area contributed by atoms with Crippen LogP contribution in [-0.2, 0) is 0 Å². The fourth-order valence-electron chi connectivity index (χ4n) is 4.64. The Hall–Kier alpha value is -0.373. The van der Waals surface area contributed by atoms with Crippen molar-refractivity contribution in [3.8, 4) is 6.07 Å². The van der Waals surface area contributed by atoms with E-state index in [4.69, 9.17) is 11.5 Å². The summed E-state index contributed by atoms with van der Waals surface area (Å²) in [5.41, 5.74) is 11.8. The third-order valence-electron chi connectivity index (χ3n) is 5.68. The van der Waals surface area contributed by atoms with Gasteiger partial charge in [0.15, 0.2) is 0 Å². The molecule has 0 aliphatic rings. The zero-order chi connectivity index (χ0) is 17.1. The Morgan fingerprint density at radius 2 is 1.50 bits per heavy atom. The van der Waals surface area contributed by atoms with Crippen molar-refractivity contribution in [3.63, 3.8) is 0 Å². The van der Waals surface area contributed by atoms with Crippen LogP contribution in [0.4, 0.5) is 0 Å². The lowest BCUT2D eigenvalue weighted by Gasteiger charge is -2.51. The second-order valence-electron chi connectivity index (χ2n) is 7.10. The summed E-state index contributed by atoms with van der Waals surface area (Å²) >= 11 is 0. The summed E-state index contributed by atoms with van der Waals surface area (Å²) in [6.45, 7) is 10.7. The first-order chi connectivity index (χ1) is 10.5. The van der Waals surface area contributed by atoms with Crippen LogP contribution in [0.2, 0.25) is 23.2 Å². The summed E-state index contributed by atoms with van der Waals surface area (Å²) < 4.78 is 0. The van der Waals surface area contributed by atoms with Crippen molar-refractivity contribution in [1.82, 2.24) is 0 Å². The molecule has 2 atom stereocenters. The van der Waals surface area contributed by atoms with E-state index in [2.05, 4.69) is 33.4 Å². The van der Waals surface area contributed by atoms with Crippen molar-refractivity contribution in [1.29, 1.82) is 5.26 Å². The molecule has 22 heavy (non-hydrogen) atoms. The van der Waals surface area contributed by atoms with Crippen LogP contribution in [0.25, 0.3) is 0 Å². The maximum atomic E-state index is 9.86. The van der Waals surface area contributed by atoms with Crippen molar-refractivity contribution >= 4 is 8.07 Å². The van der Waals surface area contributed by atoms with E-state index in [1.807, 2.05) is 0 Å². The number of nitrogens with zero attached hydrogens (tertiary/aromatic N) is 1. The predicted molar refractivity (Wildman–Crippen MR) is 101 cm³/mol. The van der Waals surface area contributed by atoms with Gasteiger partial charge in [-0.15, -0.1) is 0 Å². The largest absolute Gasteiger partial charge is 0.330 e. The molecule has 3 nitrogen and oxygen atoms in total. The lowest BCUT2D eigenvalue weighted by Crippen LogP contribution is -2.50. The van der Waals surface area contributed by atoms with Gasteiger partial charge in [0, 0.05) is 5.54 Å². The van der Waals surface area contributed by atoms with Gasteiger partial charge in [-0.1, -0.05) is 71.9 Å². The summed E-state index contributed by atoms with van der Waals surface area (Å²) in [5.74, 6) is 0. The van der Waals surface area contributed by atoms with Crippen LogP contribution in [0.15, 0.2) is 0 Å². The highest BCUT2D eigenvalue weighted by molar-refractivity contribution is 6.83. The van der Waals surface area contributed by atoms with Crippen LogP contribution in [-0.4, -0.2) is 21.2 Å². The Bertz CT molecular complexity index is 310. The third kappa shape index (κ3) is 5.08. The molecule has 130 valence electrons. The molecule has 0 amide bonds. The molecule has 0 heterocycles. The molecule has 0 aromatic rings. The normalized spacial score (nSPS) is 16.0. The zero-order valence-corrected chi connectivity index (χ0v) is 16.5. The van der Waals surface area contributed by atoms with Crippen molar-refractivity contribution in [2.75, 3.05) is 13.1 Å². The van der Waals surface area contributed by atoms with Crippen molar-refractivity contribution in [2.24, 2.45) is 11.5 Å². The first kappa shape index (κ1) is 21.6. The summed E-state index contributed by atoms with van der Waals surface area (Å²) in [7, 11) is -1.78. The molecule has 0 radical (unpaired) electrons. The first-order valence-electron chi connectivity index (χ1n) is 9.31. The molecule has 4 heteroatoms. The van der Waals surface area contributed by atoms with Gasteiger partial charge in [-0.05, 0) is 31.0 Å². The molecule has 2 unspecified atom stereocenters. The monoisotopic (exact) mass is 325 g/mol. The van der Waals surface area contributed by atoms with E-state index in [-0.39, 0.29) is 5.54 Å². The van der Waals surface area contributed by atoms with Gasteiger partial charge in [0.1, 0.15) is 0 Å². The maximum absolute atomic E-state index is 9.86. The molecule has 0 fully saturated rings. The highest BCUT2D eigenvalue weighted by atomic mass is 28.3. The SMILES string of the molecule is CCCC(CCC)(CCC)[Si](C)(CCCN)C(C#N)CCN. The second-order valence-corrected chi connectivity index (χ2v) is 12.2. The molecule has 0 bridgehead atoms. The van der Waals surface area contributed by atoms with E-state index in [9.17, 15) is 5.26 Å². The Labute approximate surface area is 139 Å². The standard InChI is InChI=1S/C18H39N3Si/c1-5-10-18(11-6-2,12-7-3)22(4,15-8-13-19)17(16-21)9-14-20/h17H,5-15,19-20H2,1-4H3. The fourth-order valence-corrected chi connectivity index (χ4v) is 10.7. The highest BCUT2D eigenvalue weighted by Crippen LogP contribution is 2.57. The van der Waals surface area contributed by atoms with Crippen LogP contribution in [0, 0.1) is 11.3 Å². The fraction of sp³-hybridized carbons (Fsp3) is 0.944. The van der Waals surface area contributed by atoms with Crippen molar-refractivity contribution in [2.45, 2.75) is 95.3 Å². The summed E-state index contributed by atoms with van der Waals surface area (Å²) in [6, 6.07) is 3.86. The minimum absolute atomic E-state index is 0.175. The van der Waals surface area contributed by atoms with Gasteiger partial charge in [0.2, 0.25) is 0 Å². The molecule has 0 saturated heterocycles. The number of nitrogens with two attached hydrogens (primary N) is 2. The van der Waals surface area contributed by atoms with E-state index in [0.717, 1.165) is 19.4 Å². The van der Waals surface area contributed by atoms with E-state index in [1.54, 1.807) is 0 Å². The average Bonchev–Trinajstić information content (AvgIpc) is 2.50. The van der Waals surface area contributed by atoms with Crippen LogP contribution >= 0.6 is 0 Å². The number of rotatable bonds is 13. The lowest BCUT2D eigenvalue weighted by atomic mass is 9.92. The Balaban J connectivity index is 5.83. The maximum Gasteiger partial charge on any atom is 0.0763 e. The first-order valence-corrected chi connectivity index (χ1v) is 12.1. The topological polar surface area (TPSA) is 75.8 Å². The van der Waals surface area contributed by atoms with E-state index in [1.165, 1.54) is 44.6 Å². The number of hydrogen-bond donors (Lipinski definition) is 2. The molecule has 0 aromatic carbocycles. The number of nitriles is 1. The summed E-state index contributed by atoms with van der Waals surface area (Å²) in [5, 5.41) is 10.2. The molecular weight excluding hydrogens is 286 g/mol. The van der Waals surface area contributed by atoms with Crippen LogP contribution < -0.4 is 11.5 Å². The minimum Gasteiger partial charge on any atom is -0.330 e. The molecule has 0 rings (SSSR count). The van der Waals surface area contributed by atoms with E-state index in [0.29, 0.717) is 11.6 Å². The second kappa shape index (κ2) is 11.2. The predicted octanol–water partition coefficient (Wildman–Crippen LogP) is 4.80. The van der Waals surface area contributed by atoms with Gasteiger partial charge in [0.05, 0.1) is 14.1 Å². The summed E-state index contributed by atoms with van der Waals surface area (Å²) in [4.78, 5) is 0. The van der Waals surface area contributed by atoms with Gasteiger partial charge in [-0.3, -0.25) is 0 Å².